The molecule has 0 radical (unpaired) electrons. The molecule has 1 rings (SSSR count). The lowest BCUT2D eigenvalue weighted by atomic mass is 9.70. The third-order valence-electron chi connectivity index (χ3n) is 5.05. The van der Waals surface area contributed by atoms with E-state index in [0.29, 0.717) is 38.9 Å². The van der Waals surface area contributed by atoms with Crippen LogP contribution < -0.4 is 5.32 Å². The first-order chi connectivity index (χ1) is 12.2. The Morgan fingerprint density at radius 3 is 2.12 bits per heavy atom. The number of carbonyl (C=O) groups excluding carboxylic acids is 2. The van der Waals surface area contributed by atoms with E-state index in [2.05, 4.69) is 0 Å². The summed E-state index contributed by atoms with van der Waals surface area (Å²) in [4.78, 5) is 23.0. The summed E-state index contributed by atoms with van der Waals surface area (Å²) < 4.78 is 46.7. The van der Waals surface area contributed by atoms with Crippen LogP contribution in [0.4, 0.5) is 13.2 Å². The maximum absolute atomic E-state index is 12.3. The van der Waals surface area contributed by atoms with Crippen LogP contribution in [0.2, 0.25) is 0 Å². The van der Waals surface area contributed by atoms with Crippen LogP contribution in [0.3, 0.4) is 0 Å². The summed E-state index contributed by atoms with van der Waals surface area (Å²) in [6.45, 7) is 1.24. The number of halogens is 3. The average molecular weight is 381 g/mol. The van der Waals surface area contributed by atoms with Gasteiger partial charge in [0.1, 0.15) is 5.78 Å². The normalized spacial score (nSPS) is 17.9. The van der Waals surface area contributed by atoms with Gasteiger partial charge in [0.2, 0.25) is 0 Å². The van der Waals surface area contributed by atoms with E-state index in [4.69, 9.17) is 9.47 Å². The van der Waals surface area contributed by atoms with Gasteiger partial charge in [-0.2, -0.15) is 13.2 Å². The molecule has 0 atom stereocenters. The molecule has 0 aromatic heterocycles. The van der Waals surface area contributed by atoms with E-state index >= 15 is 0 Å². The van der Waals surface area contributed by atoms with Crippen molar-refractivity contribution in [2.24, 2.45) is 11.3 Å². The molecule has 0 unspecified atom stereocenters. The van der Waals surface area contributed by atoms with Crippen LogP contribution in [0.25, 0.3) is 0 Å². The number of hydrogen-bond acceptors (Lipinski definition) is 4. The molecule has 1 aliphatic carbocycles. The molecule has 1 saturated carbocycles. The molecule has 1 aliphatic rings. The van der Waals surface area contributed by atoms with Crippen LogP contribution in [0.5, 0.6) is 0 Å². The molecule has 152 valence electrons. The van der Waals surface area contributed by atoms with Gasteiger partial charge < -0.3 is 14.8 Å². The topological polar surface area (TPSA) is 64.6 Å². The first-order valence-electron chi connectivity index (χ1n) is 9.10. The van der Waals surface area contributed by atoms with Gasteiger partial charge in [0.05, 0.1) is 13.2 Å². The van der Waals surface area contributed by atoms with E-state index in [-0.39, 0.29) is 23.7 Å². The molecule has 0 saturated heterocycles. The van der Waals surface area contributed by atoms with E-state index in [1.54, 1.807) is 14.2 Å². The molecule has 1 amide bonds. The highest BCUT2D eigenvalue weighted by Gasteiger charge is 2.38. The molecule has 8 heteroatoms. The number of nitrogens with one attached hydrogen (secondary N) is 1. The van der Waals surface area contributed by atoms with Crippen molar-refractivity contribution in [1.29, 1.82) is 0 Å². The summed E-state index contributed by atoms with van der Waals surface area (Å²) >= 11 is 0. The van der Waals surface area contributed by atoms with Crippen molar-refractivity contribution < 1.29 is 32.2 Å². The van der Waals surface area contributed by atoms with Crippen molar-refractivity contribution in [3.63, 3.8) is 0 Å². The van der Waals surface area contributed by atoms with Crippen LogP contribution in [-0.4, -0.2) is 51.8 Å². The van der Waals surface area contributed by atoms with E-state index in [1.807, 2.05) is 5.32 Å². The lowest BCUT2D eigenvalue weighted by Crippen LogP contribution is -2.37. The summed E-state index contributed by atoms with van der Waals surface area (Å²) in [5, 5.41) is 1.83. The maximum atomic E-state index is 12.3. The second kappa shape index (κ2) is 10.9. The van der Waals surface area contributed by atoms with Gasteiger partial charge in [-0.15, -0.1) is 0 Å². The zero-order valence-electron chi connectivity index (χ0n) is 15.6. The number of carbonyl (C=O) groups is 2. The maximum Gasteiger partial charge on any atom is 0.471 e. The predicted octanol–water partition coefficient (Wildman–Crippen LogP) is 3.26. The average Bonchev–Trinajstić information content (AvgIpc) is 2.58. The van der Waals surface area contributed by atoms with Crippen LogP contribution in [0.1, 0.15) is 51.4 Å². The first kappa shape index (κ1) is 22.9. The second-order valence-electron chi connectivity index (χ2n) is 7.17. The molecular formula is C18H30F3NO4. The highest BCUT2D eigenvalue weighted by molar-refractivity contribution is 5.81. The SMILES string of the molecule is COCC1(COC)CCC(C(=O)CCCCCNC(=O)C(F)(F)F)CC1. The summed E-state index contributed by atoms with van der Waals surface area (Å²) in [5.41, 5.74) is -0.00301. The Bertz CT molecular complexity index is 438. The standard InChI is InChI=1S/C18H30F3NO4/c1-25-12-17(13-26-2)9-7-14(8-10-17)15(23)6-4-3-5-11-22-16(24)18(19,20)21/h14H,3-13H2,1-2H3,(H,22,24). The fourth-order valence-corrected chi connectivity index (χ4v) is 3.60. The minimum atomic E-state index is -4.84. The van der Waals surface area contributed by atoms with Crippen molar-refractivity contribution in [3.8, 4) is 0 Å². The molecule has 0 spiro atoms. The number of amides is 1. The van der Waals surface area contributed by atoms with Crippen LogP contribution in [0.15, 0.2) is 0 Å². The van der Waals surface area contributed by atoms with Crippen LogP contribution in [-0.2, 0) is 19.1 Å². The number of hydrogen-bond donors (Lipinski definition) is 1. The summed E-state index contributed by atoms with van der Waals surface area (Å²) in [6, 6.07) is 0. The van der Waals surface area contributed by atoms with Gasteiger partial charge in [0.25, 0.3) is 0 Å². The van der Waals surface area contributed by atoms with Gasteiger partial charge in [0.15, 0.2) is 0 Å². The van der Waals surface area contributed by atoms with Gasteiger partial charge in [-0.05, 0) is 38.5 Å². The Morgan fingerprint density at radius 1 is 1.04 bits per heavy atom. The Labute approximate surface area is 153 Å². The molecule has 0 aromatic rings. The minimum absolute atomic E-state index is 0.00301. The number of alkyl halides is 3. The van der Waals surface area contributed by atoms with E-state index in [1.165, 1.54) is 0 Å². The molecule has 0 heterocycles. The van der Waals surface area contributed by atoms with Gasteiger partial charge >= 0.3 is 12.1 Å². The summed E-state index contributed by atoms with van der Waals surface area (Å²) in [5.74, 6) is -1.62. The van der Waals surface area contributed by atoms with E-state index < -0.39 is 12.1 Å². The first-order valence-corrected chi connectivity index (χ1v) is 9.10. The molecule has 0 bridgehead atoms. The van der Waals surface area contributed by atoms with Gasteiger partial charge in [-0.25, -0.2) is 0 Å². The number of rotatable bonds is 11. The van der Waals surface area contributed by atoms with Crippen molar-refractivity contribution in [1.82, 2.24) is 5.32 Å². The summed E-state index contributed by atoms with van der Waals surface area (Å²) in [6.07, 6.45) is 0.748. The van der Waals surface area contributed by atoms with Crippen molar-refractivity contribution in [2.45, 2.75) is 57.5 Å². The fourth-order valence-electron chi connectivity index (χ4n) is 3.60. The molecule has 5 nitrogen and oxygen atoms in total. The molecule has 1 N–H and O–H groups in total. The Hall–Kier alpha value is -1.15. The Balaban J connectivity index is 2.20. The van der Waals surface area contributed by atoms with Gasteiger partial charge in [-0.1, -0.05) is 6.42 Å². The number of ether oxygens (including phenoxy) is 2. The highest BCUT2D eigenvalue weighted by atomic mass is 19.4. The second-order valence-corrected chi connectivity index (χ2v) is 7.17. The third kappa shape index (κ3) is 7.61. The zero-order valence-corrected chi connectivity index (χ0v) is 15.6. The quantitative estimate of drug-likeness (QED) is 0.558. The highest BCUT2D eigenvalue weighted by Crippen LogP contribution is 2.40. The van der Waals surface area contributed by atoms with Crippen LogP contribution >= 0.6 is 0 Å². The zero-order chi connectivity index (χ0) is 19.6. The monoisotopic (exact) mass is 381 g/mol. The molecule has 0 aromatic carbocycles. The van der Waals surface area contributed by atoms with Gasteiger partial charge in [-0.3, -0.25) is 9.59 Å². The number of Topliss-reactive ketones (excluding diaryl/α,β-unsaturated/α-hetero) is 1. The van der Waals surface area contributed by atoms with Crippen LogP contribution in [0, 0.1) is 11.3 Å². The molecular weight excluding hydrogens is 351 g/mol. The van der Waals surface area contributed by atoms with E-state index in [9.17, 15) is 22.8 Å². The smallest absolute Gasteiger partial charge is 0.384 e. The number of ketones is 1. The van der Waals surface area contributed by atoms with Gasteiger partial charge in [0, 0.05) is 38.5 Å². The van der Waals surface area contributed by atoms with Crippen molar-refractivity contribution in [2.75, 3.05) is 34.0 Å². The number of methoxy groups -OCH3 is 2. The number of unbranched alkanes of at least 4 members (excludes halogenated alkanes) is 2. The largest absolute Gasteiger partial charge is 0.471 e. The van der Waals surface area contributed by atoms with Crippen molar-refractivity contribution in [3.05, 3.63) is 0 Å². The molecule has 1 fully saturated rings. The third-order valence-corrected chi connectivity index (χ3v) is 5.05. The minimum Gasteiger partial charge on any atom is -0.384 e. The fraction of sp³-hybridized carbons (Fsp3) is 0.889. The predicted molar refractivity (Wildman–Crippen MR) is 90.7 cm³/mol. The Kier molecular flexibility index (Phi) is 9.57. The lowest BCUT2D eigenvalue weighted by Gasteiger charge is -2.38. The summed E-state index contributed by atoms with van der Waals surface area (Å²) in [7, 11) is 3.34. The lowest BCUT2D eigenvalue weighted by molar-refractivity contribution is -0.173. The van der Waals surface area contributed by atoms with E-state index in [0.717, 1.165) is 25.7 Å². The Morgan fingerprint density at radius 2 is 1.62 bits per heavy atom. The molecule has 0 aliphatic heterocycles. The molecule has 26 heavy (non-hydrogen) atoms. The van der Waals surface area contributed by atoms with Crippen molar-refractivity contribution >= 4 is 11.7 Å².